The summed E-state index contributed by atoms with van der Waals surface area (Å²) in [6.07, 6.45) is 9.01. The lowest BCUT2D eigenvalue weighted by atomic mass is 10.0. The fourth-order valence-corrected chi connectivity index (χ4v) is 3.62. The summed E-state index contributed by atoms with van der Waals surface area (Å²) < 4.78 is 0. The van der Waals surface area contributed by atoms with Gasteiger partial charge in [-0.3, -0.25) is 0 Å². The summed E-state index contributed by atoms with van der Waals surface area (Å²) in [5, 5.41) is 3.51. The van der Waals surface area contributed by atoms with E-state index in [1.165, 1.54) is 23.5 Å². The van der Waals surface area contributed by atoms with Crippen LogP contribution in [-0.2, 0) is 12.8 Å². The van der Waals surface area contributed by atoms with Crippen LogP contribution in [0, 0.1) is 6.92 Å². The minimum atomic E-state index is 0.470. The molecule has 6 heteroatoms. The third-order valence-corrected chi connectivity index (χ3v) is 4.75. The number of anilines is 2. The fraction of sp³-hybridized carbons (Fsp3) is 0.529. The highest BCUT2D eigenvalue weighted by atomic mass is 15.2. The fourth-order valence-electron chi connectivity index (χ4n) is 3.62. The van der Waals surface area contributed by atoms with E-state index in [-0.39, 0.29) is 0 Å². The Morgan fingerprint density at radius 3 is 2.83 bits per heavy atom. The van der Waals surface area contributed by atoms with E-state index >= 15 is 0 Å². The van der Waals surface area contributed by atoms with E-state index in [1.54, 1.807) is 12.5 Å². The van der Waals surface area contributed by atoms with Gasteiger partial charge in [-0.25, -0.2) is 19.9 Å². The molecule has 0 bridgehead atoms. The van der Waals surface area contributed by atoms with Crippen LogP contribution in [0.5, 0.6) is 0 Å². The molecule has 23 heavy (non-hydrogen) atoms. The first-order chi connectivity index (χ1) is 11.3. The summed E-state index contributed by atoms with van der Waals surface area (Å²) in [7, 11) is 0. The Kier molecular flexibility index (Phi) is 3.81. The number of hydrogen-bond acceptors (Lipinski definition) is 6. The van der Waals surface area contributed by atoms with Gasteiger partial charge in [0.2, 0.25) is 0 Å². The Morgan fingerprint density at radius 1 is 1.17 bits per heavy atom. The van der Waals surface area contributed by atoms with Gasteiger partial charge in [-0.2, -0.15) is 0 Å². The maximum Gasteiger partial charge on any atom is 0.135 e. The number of rotatable bonds is 3. The van der Waals surface area contributed by atoms with Crippen LogP contribution < -0.4 is 10.2 Å². The first kappa shape index (κ1) is 14.4. The molecule has 6 nitrogen and oxygen atoms in total. The van der Waals surface area contributed by atoms with E-state index in [1.807, 2.05) is 13.0 Å². The Hall–Kier alpha value is -2.24. The van der Waals surface area contributed by atoms with Gasteiger partial charge in [-0.1, -0.05) is 0 Å². The number of hydrogen-bond donors (Lipinski definition) is 1. The van der Waals surface area contributed by atoms with E-state index in [0.29, 0.717) is 6.04 Å². The van der Waals surface area contributed by atoms with Crippen LogP contribution in [-0.4, -0.2) is 39.1 Å². The van der Waals surface area contributed by atoms with Crippen LogP contribution in [0.2, 0.25) is 0 Å². The molecule has 2 aromatic rings. The summed E-state index contributed by atoms with van der Waals surface area (Å²) in [4.78, 5) is 20.0. The Balaban J connectivity index is 1.44. The molecule has 1 aliphatic heterocycles. The van der Waals surface area contributed by atoms with E-state index in [2.05, 4.69) is 25.2 Å². The molecule has 0 radical (unpaired) electrons. The smallest absolute Gasteiger partial charge is 0.135 e. The van der Waals surface area contributed by atoms with Crippen LogP contribution in [0.3, 0.4) is 0 Å². The molecule has 3 heterocycles. The number of aromatic nitrogens is 4. The van der Waals surface area contributed by atoms with Crippen LogP contribution >= 0.6 is 0 Å². The molecular weight excluding hydrogens is 288 g/mol. The van der Waals surface area contributed by atoms with E-state index in [0.717, 1.165) is 50.4 Å². The molecule has 0 spiro atoms. The van der Waals surface area contributed by atoms with Gasteiger partial charge in [0.05, 0.1) is 0 Å². The molecule has 0 aromatic carbocycles. The van der Waals surface area contributed by atoms with E-state index in [4.69, 9.17) is 4.98 Å². The van der Waals surface area contributed by atoms with Crippen LogP contribution in [0.1, 0.15) is 36.3 Å². The predicted octanol–water partition coefficient (Wildman–Crippen LogP) is 2.14. The largest absolute Gasteiger partial charge is 0.367 e. The zero-order valence-electron chi connectivity index (χ0n) is 13.5. The first-order valence-electron chi connectivity index (χ1n) is 8.43. The standard InChI is InChI=1S/C17H22N6/c1-12-20-15-4-2-3-14(15)17(21-12)23-9-6-13(7-10-23)22-16-5-8-18-11-19-16/h5,8,11,13H,2-4,6-7,9-10H2,1H3,(H,18,19,22). The highest BCUT2D eigenvalue weighted by molar-refractivity contribution is 5.51. The van der Waals surface area contributed by atoms with Gasteiger partial charge in [0.15, 0.2) is 0 Å². The van der Waals surface area contributed by atoms with Gasteiger partial charge >= 0.3 is 0 Å². The van der Waals surface area contributed by atoms with Gasteiger partial charge < -0.3 is 10.2 Å². The molecule has 0 atom stereocenters. The summed E-state index contributed by atoms with van der Waals surface area (Å²) in [6.45, 7) is 4.07. The summed E-state index contributed by atoms with van der Waals surface area (Å²) in [6, 6.07) is 2.39. The maximum atomic E-state index is 4.75. The molecule has 1 saturated heterocycles. The van der Waals surface area contributed by atoms with E-state index in [9.17, 15) is 0 Å². The molecule has 1 aliphatic carbocycles. The normalized spacial score (nSPS) is 18.0. The highest BCUT2D eigenvalue weighted by Gasteiger charge is 2.26. The lowest BCUT2D eigenvalue weighted by Gasteiger charge is -2.34. The number of piperidine rings is 1. The minimum absolute atomic E-state index is 0.470. The molecule has 4 rings (SSSR count). The zero-order valence-corrected chi connectivity index (χ0v) is 13.5. The second-order valence-electron chi connectivity index (χ2n) is 6.37. The Labute approximate surface area is 136 Å². The number of fused-ring (bicyclic) bond motifs is 1. The van der Waals surface area contributed by atoms with Crippen molar-refractivity contribution >= 4 is 11.6 Å². The summed E-state index contributed by atoms with van der Waals surface area (Å²) in [5.74, 6) is 3.00. The van der Waals surface area contributed by atoms with Crippen LogP contribution in [0.25, 0.3) is 0 Å². The quantitative estimate of drug-likeness (QED) is 0.937. The topological polar surface area (TPSA) is 66.8 Å². The van der Waals surface area contributed by atoms with Crippen molar-refractivity contribution < 1.29 is 0 Å². The number of nitrogens with one attached hydrogen (secondary N) is 1. The lowest BCUT2D eigenvalue weighted by Crippen LogP contribution is -2.40. The SMILES string of the molecule is Cc1nc2c(c(N3CCC(Nc4ccncn4)CC3)n1)CCC2. The Bertz CT molecular complexity index is 679. The van der Waals surface area contributed by atoms with E-state index < -0.39 is 0 Å². The average Bonchev–Trinajstić information content (AvgIpc) is 3.04. The number of nitrogens with zero attached hydrogens (tertiary/aromatic N) is 5. The number of aryl methyl sites for hydroxylation is 2. The van der Waals surface area contributed by atoms with Gasteiger partial charge in [0, 0.05) is 36.6 Å². The second kappa shape index (κ2) is 6.10. The van der Waals surface area contributed by atoms with Crippen molar-refractivity contribution in [1.29, 1.82) is 0 Å². The molecule has 1 N–H and O–H groups in total. The molecule has 1 fully saturated rings. The first-order valence-corrected chi connectivity index (χ1v) is 8.43. The Morgan fingerprint density at radius 2 is 2.04 bits per heavy atom. The second-order valence-corrected chi connectivity index (χ2v) is 6.37. The monoisotopic (exact) mass is 310 g/mol. The highest BCUT2D eigenvalue weighted by Crippen LogP contribution is 2.30. The van der Waals surface area contributed by atoms with Gasteiger partial charge in [0.1, 0.15) is 23.8 Å². The van der Waals surface area contributed by atoms with Crippen molar-refractivity contribution in [1.82, 2.24) is 19.9 Å². The third kappa shape index (κ3) is 2.98. The molecule has 120 valence electrons. The molecule has 0 saturated carbocycles. The zero-order chi connectivity index (χ0) is 15.6. The lowest BCUT2D eigenvalue weighted by molar-refractivity contribution is 0.520. The van der Waals surface area contributed by atoms with Crippen molar-refractivity contribution in [3.05, 3.63) is 35.7 Å². The van der Waals surface area contributed by atoms with Crippen LogP contribution in [0.15, 0.2) is 18.6 Å². The van der Waals surface area contributed by atoms with Crippen molar-refractivity contribution in [2.24, 2.45) is 0 Å². The predicted molar refractivity (Wildman–Crippen MR) is 89.7 cm³/mol. The maximum absolute atomic E-state index is 4.75. The van der Waals surface area contributed by atoms with Crippen molar-refractivity contribution in [3.8, 4) is 0 Å². The van der Waals surface area contributed by atoms with Crippen LogP contribution in [0.4, 0.5) is 11.6 Å². The minimum Gasteiger partial charge on any atom is -0.367 e. The average molecular weight is 310 g/mol. The van der Waals surface area contributed by atoms with Crippen molar-refractivity contribution in [2.45, 2.75) is 45.1 Å². The summed E-state index contributed by atoms with van der Waals surface area (Å²) >= 11 is 0. The molecule has 0 amide bonds. The summed E-state index contributed by atoms with van der Waals surface area (Å²) in [5.41, 5.74) is 2.66. The third-order valence-electron chi connectivity index (χ3n) is 4.75. The molecular formula is C17H22N6. The van der Waals surface area contributed by atoms with Gasteiger partial charge in [-0.15, -0.1) is 0 Å². The van der Waals surface area contributed by atoms with Gasteiger partial charge in [-0.05, 0) is 45.1 Å². The molecule has 2 aromatic heterocycles. The molecule has 0 unspecified atom stereocenters. The van der Waals surface area contributed by atoms with Crippen molar-refractivity contribution in [2.75, 3.05) is 23.3 Å². The van der Waals surface area contributed by atoms with Crippen molar-refractivity contribution in [3.63, 3.8) is 0 Å². The van der Waals surface area contributed by atoms with Gasteiger partial charge in [0.25, 0.3) is 0 Å². The molecule has 2 aliphatic rings.